The lowest BCUT2D eigenvalue weighted by atomic mass is 10.2. The summed E-state index contributed by atoms with van der Waals surface area (Å²) in [6.07, 6.45) is 0. The quantitative estimate of drug-likeness (QED) is 0.598. The maximum Gasteiger partial charge on any atom is 0.269 e. The van der Waals surface area contributed by atoms with Gasteiger partial charge in [0, 0.05) is 31.5 Å². The van der Waals surface area contributed by atoms with Gasteiger partial charge in [0.05, 0.1) is 10.6 Å². The summed E-state index contributed by atoms with van der Waals surface area (Å²) in [4.78, 5) is 16.8. The fourth-order valence-electron chi connectivity index (χ4n) is 1.58. The highest BCUT2D eigenvalue weighted by molar-refractivity contribution is 8.14. The van der Waals surface area contributed by atoms with Crippen molar-refractivity contribution in [1.82, 2.24) is 4.90 Å². The van der Waals surface area contributed by atoms with Crippen LogP contribution in [0.3, 0.4) is 0 Å². The van der Waals surface area contributed by atoms with Gasteiger partial charge >= 0.3 is 0 Å². The Morgan fingerprint density at radius 3 is 2.82 bits per heavy atom. The molecule has 90 valence electrons. The van der Waals surface area contributed by atoms with Crippen molar-refractivity contribution in [3.8, 4) is 0 Å². The highest BCUT2D eigenvalue weighted by atomic mass is 32.2. The second-order valence-corrected chi connectivity index (χ2v) is 4.95. The zero-order chi connectivity index (χ0) is 12.4. The van der Waals surface area contributed by atoms with Crippen molar-refractivity contribution in [3.63, 3.8) is 0 Å². The van der Waals surface area contributed by atoms with Crippen LogP contribution in [0, 0.1) is 17.0 Å². The summed E-state index contributed by atoms with van der Waals surface area (Å²) in [6, 6.07) is 4.75. The van der Waals surface area contributed by atoms with Crippen molar-refractivity contribution < 1.29 is 4.92 Å². The monoisotopic (exact) mass is 251 g/mol. The molecule has 1 aromatic carbocycles. The summed E-state index contributed by atoms with van der Waals surface area (Å²) in [5.74, 6) is 1.04. The van der Waals surface area contributed by atoms with E-state index in [1.807, 2.05) is 14.0 Å². The number of rotatable bonds is 2. The SMILES string of the molecule is Cc1cc([N+](=O)[O-])ccc1N=C1SCCN1C. The molecule has 0 unspecified atom stereocenters. The normalized spacial score (nSPS) is 17.8. The molecule has 0 saturated carbocycles. The topological polar surface area (TPSA) is 58.7 Å². The molecule has 0 aromatic heterocycles. The Morgan fingerprint density at radius 1 is 1.53 bits per heavy atom. The first-order chi connectivity index (χ1) is 8.08. The van der Waals surface area contributed by atoms with Crippen LogP contribution in [0.15, 0.2) is 23.2 Å². The molecule has 1 saturated heterocycles. The Kier molecular flexibility index (Phi) is 3.33. The van der Waals surface area contributed by atoms with Crippen LogP contribution < -0.4 is 0 Å². The van der Waals surface area contributed by atoms with Gasteiger partial charge in [0.2, 0.25) is 0 Å². The van der Waals surface area contributed by atoms with Gasteiger partial charge in [-0.05, 0) is 18.6 Å². The molecule has 1 heterocycles. The van der Waals surface area contributed by atoms with Crippen molar-refractivity contribution in [2.45, 2.75) is 6.92 Å². The summed E-state index contributed by atoms with van der Waals surface area (Å²) < 4.78 is 0. The van der Waals surface area contributed by atoms with E-state index in [1.54, 1.807) is 23.9 Å². The first kappa shape index (κ1) is 11.9. The Morgan fingerprint density at radius 2 is 2.29 bits per heavy atom. The van der Waals surface area contributed by atoms with Gasteiger partial charge in [-0.2, -0.15) is 0 Å². The van der Waals surface area contributed by atoms with Crippen molar-refractivity contribution in [1.29, 1.82) is 0 Å². The van der Waals surface area contributed by atoms with E-state index < -0.39 is 0 Å². The molecule has 17 heavy (non-hydrogen) atoms. The van der Waals surface area contributed by atoms with E-state index in [-0.39, 0.29) is 10.6 Å². The van der Waals surface area contributed by atoms with Gasteiger partial charge in [-0.25, -0.2) is 4.99 Å². The van der Waals surface area contributed by atoms with Gasteiger partial charge in [-0.15, -0.1) is 0 Å². The van der Waals surface area contributed by atoms with E-state index in [0.29, 0.717) is 0 Å². The van der Waals surface area contributed by atoms with Crippen molar-refractivity contribution in [3.05, 3.63) is 33.9 Å². The Bertz CT molecular complexity index is 488. The molecule has 1 aliphatic heterocycles. The number of nitro benzene ring substituents is 1. The van der Waals surface area contributed by atoms with Crippen LogP contribution in [-0.2, 0) is 0 Å². The highest BCUT2D eigenvalue weighted by Gasteiger charge is 2.16. The van der Waals surface area contributed by atoms with E-state index >= 15 is 0 Å². The number of nitrogens with zero attached hydrogens (tertiary/aromatic N) is 3. The second kappa shape index (κ2) is 4.75. The third kappa shape index (κ3) is 2.58. The third-order valence-corrected chi connectivity index (χ3v) is 3.64. The van der Waals surface area contributed by atoms with Gasteiger partial charge in [-0.3, -0.25) is 10.1 Å². The number of benzene rings is 1. The number of nitro groups is 1. The molecular formula is C11H13N3O2S. The van der Waals surface area contributed by atoms with Crippen LogP contribution in [0.1, 0.15) is 5.56 Å². The lowest BCUT2D eigenvalue weighted by Crippen LogP contribution is -2.17. The average Bonchev–Trinajstić information content (AvgIpc) is 2.67. The molecule has 0 amide bonds. The van der Waals surface area contributed by atoms with Crippen LogP contribution in [0.5, 0.6) is 0 Å². The van der Waals surface area contributed by atoms with E-state index in [9.17, 15) is 10.1 Å². The van der Waals surface area contributed by atoms with Crippen molar-refractivity contribution in [2.75, 3.05) is 19.3 Å². The average molecular weight is 251 g/mol. The maximum absolute atomic E-state index is 10.6. The van der Waals surface area contributed by atoms with Gasteiger partial charge in [0.1, 0.15) is 0 Å². The van der Waals surface area contributed by atoms with Gasteiger partial charge in [-0.1, -0.05) is 11.8 Å². The van der Waals surface area contributed by atoms with Crippen LogP contribution >= 0.6 is 11.8 Å². The maximum atomic E-state index is 10.6. The number of hydrogen-bond acceptors (Lipinski definition) is 4. The highest BCUT2D eigenvalue weighted by Crippen LogP contribution is 2.27. The predicted molar refractivity (Wildman–Crippen MR) is 70.0 cm³/mol. The zero-order valence-corrected chi connectivity index (χ0v) is 10.5. The molecular weight excluding hydrogens is 238 g/mol. The van der Waals surface area contributed by atoms with Crippen molar-refractivity contribution >= 4 is 28.3 Å². The third-order valence-electron chi connectivity index (χ3n) is 2.59. The minimum absolute atomic E-state index is 0.110. The first-order valence-corrected chi connectivity index (χ1v) is 6.24. The van der Waals surface area contributed by atoms with E-state index in [2.05, 4.69) is 9.89 Å². The number of thioether (sulfide) groups is 1. The molecule has 1 fully saturated rings. The second-order valence-electron chi connectivity index (χ2n) is 3.89. The smallest absolute Gasteiger partial charge is 0.269 e. The molecule has 6 heteroatoms. The van der Waals surface area contributed by atoms with E-state index in [1.165, 1.54) is 6.07 Å². The fraction of sp³-hybridized carbons (Fsp3) is 0.364. The van der Waals surface area contributed by atoms with Crippen LogP contribution in [0.4, 0.5) is 11.4 Å². The van der Waals surface area contributed by atoms with Gasteiger partial charge in [0.15, 0.2) is 5.17 Å². The van der Waals surface area contributed by atoms with Crippen molar-refractivity contribution in [2.24, 2.45) is 4.99 Å². The number of non-ortho nitro benzene ring substituents is 1. The number of amidine groups is 1. The molecule has 0 atom stereocenters. The Labute approximate surface area is 104 Å². The van der Waals surface area contributed by atoms with Gasteiger partial charge in [0.25, 0.3) is 5.69 Å². The summed E-state index contributed by atoms with van der Waals surface area (Å²) in [7, 11) is 2.00. The van der Waals surface area contributed by atoms with Crippen LogP contribution in [-0.4, -0.2) is 34.3 Å². The molecule has 1 aliphatic rings. The zero-order valence-electron chi connectivity index (χ0n) is 9.71. The first-order valence-electron chi connectivity index (χ1n) is 5.25. The fourth-order valence-corrected chi connectivity index (χ4v) is 2.60. The molecule has 0 radical (unpaired) electrons. The molecule has 1 aromatic rings. The lowest BCUT2D eigenvalue weighted by Gasteiger charge is -2.10. The summed E-state index contributed by atoms with van der Waals surface area (Å²) in [5.41, 5.74) is 1.73. The minimum atomic E-state index is -0.389. The van der Waals surface area contributed by atoms with Gasteiger partial charge < -0.3 is 4.90 Å². The molecule has 0 spiro atoms. The lowest BCUT2D eigenvalue weighted by molar-refractivity contribution is -0.384. The predicted octanol–water partition coefficient (Wildman–Crippen LogP) is 2.57. The number of aryl methyl sites for hydroxylation is 1. The Hall–Kier alpha value is -1.56. The molecule has 5 nitrogen and oxygen atoms in total. The Balaban J connectivity index is 2.31. The van der Waals surface area contributed by atoms with E-state index in [0.717, 1.165) is 28.7 Å². The molecule has 0 bridgehead atoms. The van der Waals surface area contributed by atoms with Crippen LogP contribution in [0.25, 0.3) is 0 Å². The number of aliphatic imine (C=N–C) groups is 1. The number of hydrogen-bond donors (Lipinski definition) is 0. The van der Waals surface area contributed by atoms with Crippen LogP contribution in [0.2, 0.25) is 0 Å². The minimum Gasteiger partial charge on any atom is -0.353 e. The van der Waals surface area contributed by atoms with E-state index in [4.69, 9.17) is 0 Å². The summed E-state index contributed by atoms with van der Waals surface area (Å²) in [5, 5.41) is 11.6. The largest absolute Gasteiger partial charge is 0.353 e. The summed E-state index contributed by atoms with van der Waals surface area (Å²) in [6.45, 7) is 2.83. The summed E-state index contributed by atoms with van der Waals surface area (Å²) >= 11 is 1.71. The molecule has 0 aliphatic carbocycles. The molecule has 0 N–H and O–H groups in total. The molecule has 2 rings (SSSR count). The standard InChI is InChI=1S/C11H13N3O2S/c1-8-7-9(14(15)16)3-4-10(8)12-11-13(2)5-6-17-11/h3-4,7H,5-6H2,1-2H3.